The van der Waals surface area contributed by atoms with Crippen LogP contribution in [0, 0.1) is 0 Å². The van der Waals surface area contributed by atoms with Gasteiger partial charge in [0.25, 0.3) is 0 Å². The topological polar surface area (TPSA) is 151 Å². The number of nitrogens with zero attached hydrogens (tertiary/aromatic N) is 1. The molecular formula is C20H29F3N2O7. The van der Waals surface area contributed by atoms with Gasteiger partial charge in [-0.3, -0.25) is 4.90 Å². The smallest absolute Gasteiger partial charge is 0.416 e. The average Bonchev–Trinajstić information content (AvgIpc) is 3.20. The van der Waals surface area contributed by atoms with E-state index in [1.165, 1.54) is 12.1 Å². The summed E-state index contributed by atoms with van der Waals surface area (Å²) in [6.07, 6.45) is -8.01. The Hall–Kier alpha value is -2.25. The number of hydrogen-bond donors (Lipinski definition) is 6. The molecule has 0 radical (unpaired) electrons. The highest BCUT2D eigenvalue weighted by Gasteiger charge is 2.35. The maximum absolute atomic E-state index is 13.1. The summed E-state index contributed by atoms with van der Waals surface area (Å²) in [7, 11) is 0. The van der Waals surface area contributed by atoms with Gasteiger partial charge in [0.15, 0.2) is 12.2 Å². The summed E-state index contributed by atoms with van der Waals surface area (Å²) in [4.78, 5) is 21.5. The fraction of sp³-hybridized carbons (Fsp3) is 0.600. The summed E-state index contributed by atoms with van der Waals surface area (Å²) in [5, 5.41) is 45.8. The van der Waals surface area contributed by atoms with E-state index in [0.29, 0.717) is 6.54 Å². The molecule has 32 heavy (non-hydrogen) atoms. The van der Waals surface area contributed by atoms with Crippen LogP contribution in [0.25, 0.3) is 0 Å². The van der Waals surface area contributed by atoms with E-state index < -0.39 is 41.5 Å². The van der Waals surface area contributed by atoms with Crippen LogP contribution in [0.3, 0.4) is 0 Å². The van der Waals surface area contributed by atoms with E-state index in [-0.39, 0.29) is 18.2 Å². The lowest BCUT2D eigenvalue weighted by molar-refractivity contribution is -0.165. The Balaban J connectivity index is 0.000000433. The van der Waals surface area contributed by atoms with Crippen LogP contribution in [0.1, 0.15) is 31.4 Å². The van der Waals surface area contributed by atoms with E-state index in [4.69, 9.17) is 20.4 Å². The van der Waals surface area contributed by atoms with Gasteiger partial charge in [0, 0.05) is 25.7 Å². The fourth-order valence-corrected chi connectivity index (χ4v) is 3.19. The largest absolute Gasteiger partial charge is 0.479 e. The maximum Gasteiger partial charge on any atom is 0.416 e. The minimum absolute atomic E-state index is 0.146. The first-order chi connectivity index (χ1) is 14.6. The van der Waals surface area contributed by atoms with Crippen LogP contribution in [0.5, 0.6) is 0 Å². The van der Waals surface area contributed by atoms with Gasteiger partial charge < -0.3 is 30.8 Å². The van der Waals surface area contributed by atoms with Crippen molar-refractivity contribution in [2.75, 3.05) is 19.6 Å². The Morgan fingerprint density at radius 2 is 1.66 bits per heavy atom. The number of carboxylic acids is 2. The maximum atomic E-state index is 13.1. The van der Waals surface area contributed by atoms with Crippen molar-refractivity contribution in [2.24, 2.45) is 0 Å². The van der Waals surface area contributed by atoms with Crippen LogP contribution < -0.4 is 5.32 Å². The number of rotatable bonds is 8. The molecule has 1 fully saturated rings. The third-order valence-corrected chi connectivity index (χ3v) is 4.64. The van der Waals surface area contributed by atoms with Gasteiger partial charge in [-0.1, -0.05) is 18.2 Å². The van der Waals surface area contributed by atoms with E-state index in [0.717, 1.165) is 25.6 Å². The number of halogens is 3. The highest BCUT2D eigenvalue weighted by Crippen LogP contribution is 2.33. The Morgan fingerprint density at radius 1 is 1.12 bits per heavy atom. The molecule has 0 spiro atoms. The zero-order valence-corrected chi connectivity index (χ0v) is 17.7. The lowest BCUT2D eigenvalue weighted by atomic mass is 10.0. The molecule has 1 aromatic rings. The third-order valence-electron chi connectivity index (χ3n) is 4.64. The third kappa shape index (κ3) is 9.09. The van der Waals surface area contributed by atoms with Crippen molar-refractivity contribution in [1.82, 2.24) is 10.2 Å². The van der Waals surface area contributed by atoms with Crippen LogP contribution in [-0.2, 0) is 22.3 Å². The molecule has 1 aromatic carbocycles. The Bertz CT molecular complexity index is 744. The second kappa shape index (κ2) is 11.6. The molecule has 12 heteroatoms. The molecule has 1 aliphatic heterocycles. The summed E-state index contributed by atoms with van der Waals surface area (Å²) in [5.74, 6) is -3.54. The molecule has 0 aromatic heterocycles. The first kappa shape index (κ1) is 27.8. The number of nitrogens with one attached hydrogen (secondary N) is 1. The van der Waals surface area contributed by atoms with Gasteiger partial charge >= 0.3 is 18.1 Å². The van der Waals surface area contributed by atoms with E-state index >= 15 is 0 Å². The molecule has 3 atom stereocenters. The normalized spacial score (nSPS) is 18.6. The number of benzene rings is 1. The Kier molecular flexibility index (Phi) is 10.0. The average molecular weight is 466 g/mol. The van der Waals surface area contributed by atoms with Gasteiger partial charge in [-0.15, -0.1) is 0 Å². The van der Waals surface area contributed by atoms with Crippen molar-refractivity contribution < 1.29 is 48.3 Å². The molecule has 2 unspecified atom stereocenters. The molecule has 182 valence electrons. The molecule has 0 bridgehead atoms. The van der Waals surface area contributed by atoms with Crippen LogP contribution in [0.2, 0.25) is 0 Å². The molecular weight excluding hydrogens is 437 g/mol. The van der Waals surface area contributed by atoms with Crippen molar-refractivity contribution in [2.45, 2.75) is 56.8 Å². The van der Waals surface area contributed by atoms with E-state index in [2.05, 4.69) is 5.32 Å². The molecule has 9 nitrogen and oxygen atoms in total. The number of hydrogen-bond acceptors (Lipinski definition) is 7. The first-order valence-electron chi connectivity index (χ1n) is 9.77. The van der Waals surface area contributed by atoms with Gasteiger partial charge in [-0.05, 0) is 38.4 Å². The molecule has 2 rings (SSSR count). The number of aliphatic hydroxyl groups is 3. The fourth-order valence-electron chi connectivity index (χ4n) is 3.19. The number of carbonyl (C=O) groups is 2. The van der Waals surface area contributed by atoms with Crippen LogP contribution in [0.15, 0.2) is 24.3 Å². The van der Waals surface area contributed by atoms with Gasteiger partial charge in [0.1, 0.15) is 0 Å². The number of aliphatic carboxylic acids is 2. The van der Waals surface area contributed by atoms with Gasteiger partial charge in [-0.2, -0.15) is 13.2 Å². The zero-order chi connectivity index (χ0) is 24.7. The second-order valence-corrected chi connectivity index (χ2v) is 8.09. The minimum Gasteiger partial charge on any atom is -0.479 e. The van der Waals surface area contributed by atoms with Crippen molar-refractivity contribution in [3.05, 3.63) is 35.4 Å². The zero-order valence-electron chi connectivity index (χ0n) is 17.7. The van der Waals surface area contributed by atoms with Crippen molar-refractivity contribution in [1.29, 1.82) is 0 Å². The predicted octanol–water partition coefficient (Wildman–Crippen LogP) is 0.518. The summed E-state index contributed by atoms with van der Waals surface area (Å²) in [6.45, 7) is 5.48. The molecule has 6 N–H and O–H groups in total. The first-order valence-corrected chi connectivity index (χ1v) is 9.77. The standard InChI is InChI=1S/C16H23F3N2O.C4H6O6/c1-15(2,22)11-21(13-7-8-20-9-13)10-12-5-3-4-6-14(12)16(17,18)19;5-1(3(7)8)2(6)4(9)10/h3-6,13,20,22H,7-11H2,1-2H3;1-2,5-6H,(H,7,8)(H,9,10)/t13-;/m0./s1. The van der Waals surface area contributed by atoms with E-state index in [9.17, 15) is 27.9 Å². The highest BCUT2D eigenvalue weighted by molar-refractivity contribution is 5.83. The van der Waals surface area contributed by atoms with Crippen molar-refractivity contribution >= 4 is 11.9 Å². The van der Waals surface area contributed by atoms with Gasteiger partial charge in [0.05, 0.1) is 11.2 Å². The van der Waals surface area contributed by atoms with Crippen LogP contribution in [-0.4, -0.2) is 85.9 Å². The minimum atomic E-state index is -4.36. The SMILES string of the molecule is CC(C)(O)CN(Cc1ccccc1C(F)(F)F)[C@H]1CCNC1.O=C(O)C(O)C(O)C(=O)O. The molecule has 0 saturated carbocycles. The monoisotopic (exact) mass is 466 g/mol. The van der Waals surface area contributed by atoms with E-state index in [1.54, 1.807) is 19.9 Å². The Morgan fingerprint density at radius 3 is 2.06 bits per heavy atom. The molecule has 0 aliphatic carbocycles. The van der Waals surface area contributed by atoms with E-state index in [1.807, 2.05) is 4.90 Å². The second-order valence-electron chi connectivity index (χ2n) is 8.09. The summed E-state index contributed by atoms with van der Waals surface area (Å²) < 4.78 is 39.4. The quantitative estimate of drug-likeness (QED) is 0.322. The number of carboxylic acid groups (broad SMARTS) is 2. The molecule has 0 amide bonds. The van der Waals surface area contributed by atoms with Gasteiger partial charge in [-0.25, -0.2) is 9.59 Å². The molecule has 1 heterocycles. The number of alkyl halides is 3. The molecule has 1 aliphatic rings. The van der Waals surface area contributed by atoms with Crippen molar-refractivity contribution in [3.63, 3.8) is 0 Å². The lowest BCUT2D eigenvalue weighted by Crippen LogP contribution is -2.45. The lowest BCUT2D eigenvalue weighted by Gasteiger charge is -2.34. The number of aliphatic hydroxyl groups excluding tert-OH is 2. The van der Waals surface area contributed by atoms with Crippen LogP contribution >= 0.6 is 0 Å². The Labute approximate surface area is 183 Å². The summed E-state index contributed by atoms with van der Waals surface area (Å²) >= 11 is 0. The summed E-state index contributed by atoms with van der Waals surface area (Å²) in [5.41, 5.74) is -1.29. The van der Waals surface area contributed by atoms with Crippen molar-refractivity contribution in [3.8, 4) is 0 Å². The summed E-state index contributed by atoms with van der Waals surface area (Å²) in [6, 6.07) is 5.81. The van der Waals surface area contributed by atoms with Gasteiger partial charge in [0.2, 0.25) is 0 Å². The van der Waals surface area contributed by atoms with Crippen LogP contribution in [0.4, 0.5) is 13.2 Å². The molecule has 1 saturated heterocycles. The predicted molar refractivity (Wildman–Crippen MR) is 107 cm³/mol. The highest BCUT2D eigenvalue weighted by atomic mass is 19.4.